The summed E-state index contributed by atoms with van der Waals surface area (Å²) in [5.74, 6) is 0.915. The molecule has 0 unspecified atom stereocenters. The number of aryl methyl sites for hydroxylation is 2. The van der Waals surface area contributed by atoms with Crippen molar-refractivity contribution in [3.8, 4) is 11.3 Å². The highest BCUT2D eigenvalue weighted by molar-refractivity contribution is 5.93. The number of amides is 2. The number of rotatable bonds is 7. The van der Waals surface area contributed by atoms with Gasteiger partial charge in [0.1, 0.15) is 23.1 Å². The zero-order chi connectivity index (χ0) is 20.1. The van der Waals surface area contributed by atoms with Gasteiger partial charge in [-0.25, -0.2) is 4.39 Å². The van der Waals surface area contributed by atoms with Gasteiger partial charge in [-0.1, -0.05) is 17.3 Å². The van der Waals surface area contributed by atoms with Crippen molar-refractivity contribution in [3.05, 3.63) is 59.8 Å². The third-order valence-corrected chi connectivity index (χ3v) is 4.09. The summed E-state index contributed by atoms with van der Waals surface area (Å²) < 4.78 is 24.3. The molecule has 28 heavy (non-hydrogen) atoms. The number of carbonyl (C=O) groups excluding carboxylic acids is 2. The molecule has 1 aromatic carbocycles. The molecule has 2 aromatic heterocycles. The smallest absolute Gasteiger partial charge is 0.245 e. The molecule has 1 N–H and O–H groups in total. The monoisotopic (exact) mass is 385 g/mol. The van der Waals surface area contributed by atoms with E-state index in [2.05, 4.69) is 10.5 Å². The standard InChI is InChI=1S/C20H20FN3O4/c1-13-11-18(23-28-13)22-19(25)12-24(2)20(26)10-8-14-7-9-17(27-14)15-5-3-4-6-16(15)21/h3-7,9,11H,8,10,12H2,1-2H3,(H,22,23,25). The van der Waals surface area contributed by atoms with E-state index < -0.39 is 0 Å². The molecule has 0 fully saturated rings. The molecule has 0 saturated heterocycles. The molecule has 0 spiro atoms. The SMILES string of the molecule is Cc1cc(NC(=O)CN(C)C(=O)CCc2ccc(-c3ccccc3F)o2)no1. The maximum Gasteiger partial charge on any atom is 0.245 e. The average Bonchev–Trinajstić information content (AvgIpc) is 3.29. The number of furan rings is 1. The molecule has 0 atom stereocenters. The van der Waals surface area contributed by atoms with Gasteiger partial charge in [0.2, 0.25) is 11.8 Å². The lowest BCUT2D eigenvalue weighted by Gasteiger charge is -2.15. The van der Waals surface area contributed by atoms with Crippen LogP contribution in [0, 0.1) is 12.7 Å². The van der Waals surface area contributed by atoms with Crippen molar-refractivity contribution < 1.29 is 22.9 Å². The minimum Gasteiger partial charge on any atom is -0.461 e. The Labute approximate surface area is 161 Å². The maximum absolute atomic E-state index is 13.8. The van der Waals surface area contributed by atoms with Crippen LogP contribution in [-0.4, -0.2) is 35.5 Å². The summed E-state index contributed by atoms with van der Waals surface area (Å²) in [5, 5.41) is 6.23. The van der Waals surface area contributed by atoms with Crippen LogP contribution < -0.4 is 5.32 Å². The van der Waals surface area contributed by atoms with Crippen molar-refractivity contribution in [1.82, 2.24) is 10.1 Å². The van der Waals surface area contributed by atoms with Crippen LogP contribution in [0.2, 0.25) is 0 Å². The summed E-state index contributed by atoms with van der Waals surface area (Å²) in [6, 6.07) is 11.3. The largest absolute Gasteiger partial charge is 0.461 e. The molecule has 0 aliphatic carbocycles. The highest BCUT2D eigenvalue weighted by atomic mass is 19.1. The number of aromatic nitrogens is 1. The van der Waals surface area contributed by atoms with Gasteiger partial charge in [0.15, 0.2) is 5.82 Å². The van der Waals surface area contributed by atoms with E-state index in [1.54, 1.807) is 50.4 Å². The molecule has 0 radical (unpaired) electrons. The first-order chi connectivity index (χ1) is 13.4. The minimum absolute atomic E-state index is 0.108. The van der Waals surface area contributed by atoms with Gasteiger partial charge < -0.3 is 19.2 Å². The van der Waals surface area contributed by atoms with Crippen LogP contribution in [0.15, 0.2) is 51.4 Å². The number of nitrogens with one attached hydrogen (secondary N) is 1. The zero-order valence-corrected chi connectivity index (χ0v) is 15.6. The minimum atomic E-state index is -0.371. The summed E-state index contributed by atoms with van der Waals surface area (Å²) in [7, 11) is 1.54. The first kappa shape index (κ1) is 19.3. The van der Waals surface area contributed by atoms with E-state index in [0.29, 0.717) is 35.1 Å². The quantitative estimate of drug-likeness (QED) is 0.673. The Hall–Kier alpha value is -3.42. The second-order valence-corrected chi connectivity index (χ2v) is 6.37. The molecule has 2 heterocycles. The Morgan fingerprint density at radius 2 is 2.00 bits per heavy atom. The lowest BCUT2D eigenvalue weighted by atomic mass is 10.1. The Morgan fingerprint density at radius 3 is 2.71 bits per heavy atom. The van der Waals surface area contributed by atoms with Crippen LogP contribution in [0.1, 0.15) is 17.9 Å². The second kappa shape index (κ2) is 8.51. The van der Waals surface area contributed by atoms with Crippen molar-refractivity contribution in [2.75, 3.05) is 18.9 Å². The van der Waals surface area contributed by atoms with E-state index in [1.807, 2.05) is 0 Å². The maximum atomic E-state index is 13.8. The van der Waals surface area contributed by atoms with Gasteiger partial charge in [0.05, 0.1) is 12.1 Å². The molecule has 7 nitrogen and oxygen atoms in total. The molecule has 0 saturated carbocycles. The normalized spacial score (nSPS) is 10.7. The van der Waals surface area contributed by atoms with E-state index >= 15 is 0 Å². The highest BCUT2D eigenvalue weighted by Crippen LogP contribution is 2.25. The molecule has 3 aromatic rings. The van der Waals surface area contributed by atoms with Crippen molar-refractivity contribution in [3.63, 3.8) is 0 Å². The molecule has 0 aliphatic rings. The molecule has 146 valence electrons. The van der Waals surface area contributed by atoms with Crippen LogP contribution in [0.5, 0.6) is 0 Å². The first-order valence-electron chi connectivity index (χ1n) is 8.73. The van der Waals surface area contributed by atoms with E-state index in [1.165, 1.54) is 11.0 Å². The Morgan fingerprint density at radius 1 is 1.21 bits per heavy atom. The third kappa shape index (κ3) is 4.85. The Kier molecular flexibility index (Phi) is 5.88. The number of nitrogens with zero attached hydrogens (tertiary/aromatic N) is 2. The molecule has 2 amide bonds. The molecule has 8 heteroatoms. The van der Waals surface area contributed by atoms with E-state index in [4.69, 9.17) is 8.94 Å². The highest BCUT2D eigenvalue weighted by Gasteiger charge is 2.16. The predicted molar refractivity (Wildman–Crippen MR) is 99.9 cm³/mol. The Bertz CT molecular complexity index is 979. The molecule has 0 bridgehead atoms. The van der Waals surface area contributed by atoms with Crippen molar-refractivity contribution in [2.45, 2.75) is 19.8 Å². The second-order valence-electron chi connectivity index (χ2n) is 6.37. The van der Waals surface area contributed by atoms with Crippen LogP contribution in [-0.2, 0) is 16.0 Å². The number of anilines is 1. The fraction of sp³-hybridized carbons (Fsp3) is 0.250. The van der Waals surface area contributed by atoms with E-state index in [0.717, 1.165) is 0 Å². The summed E-state index contributed by atoms with van der Waals surface area (Å²) >= 11 is 0. The van der Waals surface area contributed by atoms with Crippen LogP contribution >= 0.6 is 0 Å². The zero-order valence-electron chi connectivity index (χ0n) is 15.6. The number of carbonyl (C=O) groups is 2. The van der Waals surface area contributed by atoms with E-state index in [9.17, 15) is 14.0 Å². The summed E-state index contributed by atoms with van der Waals surface area (Å²) in [4.78, 5) is 25.5. The van der Waals surface area contributed by atoms with E-state index in [-0.39, 0.29) is 30.6 Å². The van der Waals surface area contributed by atoms with Crippen LogP contribution in [0.3, 0.4) is 0 Å². The number of hydrogen-bond donors (Lipinski definition) is 1. The average molecular weight is 385 g/mol. The number of hydrogen-bond acceptors (Lipinski definition) is 5. The van der Waals surface area contributed by atoms with Gasteiger partial charge in [0.25, 0.3) is 0 Å². The lowest BCUT2D eigenvalue weighted by molar-refractivity contribution is -0.133. The summed E-state index contributed by atoms with van der Waals surface area (Å²) in [5.41, 5.74) is 0.372. The molecular formula is C20H20FN3O4. The summed E-state index contributed by atoms with van der Waals surface area (Å²) in [6.07, 6.45) is 0.513. The number of benzene rings is 1. The van der Waals surface area contributed by atoms with Crippen LogP contribution in [0.4, 0.5) is 10.2 Å². The first-order valence-corrected chi connectivity index (χ1v) is 8.73. The number of likely N-dealkylation sites (N-methyl/N-ethyl adjacent to an activating group) is 1. The number of halogens is 1. The molecule has 0 aliphatic heterocycles. The van der Waals surface area contributed by atoms with Gasteiger partial charge in [0, 0.05) is 26.0 Å². The topological polar surface area (TPSA) is 88.6 Å². The van der Waals surface area contributed by atoms with Gasteiger partial charge in [-0.3, -0.25) is 9.59 Å². The van der Waals surface area contributed by atoms with Crippen molar-refractivity contribution in [1.29, 1.82) is 0 Å². The van der Waals surface area contributed by atoms with Gasteiger partial charge >= 0.3 is 0 Å². The van der Waals surface area contributed by atoms with Crippen molar-refractivity contribution in [2.24, 2.45) is 0 Å². The van der Waals surface area contributed by atoms with Gasteiger partial charge in [-0.2, -0.15) is 0 Å². The molecule has 3 rings (SSSR count). The van der Waals surface area contributed by atoms with Crippen molar-refractivity contribution >= 4 is 17.6 Å². The molecular weight excluding hydrogens is 365 g/mol. The fourth-order valence-corrected chi connectivity index (χ4v) is 2.65. The van der Waals surface area contributed by atoms with Gasteiger partial charge in [-0.15, -0.1) is 0 Å². The Balaban J connectivity index is 1.49. The predicted octanol–water partition coefficient (Wildman–Crippen LogP) is 3.41. The van der Waals surface area contributed by atoms with Gasteiger partial charge in [-0.05, 0) is 31.2 Å². The lowest BCUT2D eigenvalue weighted by Crippen LogP contribution is -2.35. The third-order valence-electron chi connectivity index (χ3n) is 4.09. The van der Waals surface area contributed by atoms with Crippen LogP contribution in [0.25, 0.3) is 11.3 Å². The fourth-order valence-electron chi connectivity index (χ4n) is 2.65. The summed E-state index contributed by atoms with van der Waals surface area (Å²) in [6.45, 7) is 1.61.